The number of hydrogen-bond donors (Lipinski definition) is 0. The van der Waals surface area contributed by atoms with Crippen LogP contribution in [0.5, 0.6) is 0 Å². The van der Waals surface area contributed by atoms with Crippen LogP contribution in [0.1, 0.15) is 36.6 Å². The van der Waals surface area contributed by atoms with Crippen LogP contribution in [0.15, 0.2) is 16.0 Å². The molecular formula is C13H15N3O. The Morgan fingerprint density at radius 2 is 2.18 bits per heavy atom. The molecule has 88 valence electrons. The molecule has 1 aliphatic rings. The van der Waals surface area contributed by atoms with Gasteiger partial charge in [0.2, 0.25) is 0 Å². The second-order valence-corrected chi connectivity index (χ2v) is 4.59. The van der Waals surface area contributed by atoms with Crippen LogP contribution in [-0.4, -0.2) is 10.4 Å². The lowest BCUT2D eigenvalue weighted by molar-refractivity contribution is 0.773. The van der Waals surface area contributed by atoms with E-state index >= 15 is 0 Å². The molecule has 2 rings (SSSR count). The molecule has 17 heavy (non-hydrogen) atoms. The van der Waals surface area contributed by atoms with E-state index in [4.69, 9.17) is 5.26 Å². The summed E-state index contributed by atoms with van der Waals surface area (Å²) in [5.41, 5.74) is 2.33. The first-order valence-corrected chi connectivity index (χ1v) is 5.73. The molecule has 0 unspecified atom stereocenters. The maximum atomic E-state index is 12.1. The minimum absolute atomic E-state index is 0.183. The van der Waals surface area contributed by atoms with E-state index in [0.717, 1.165) is 24.2 Å². The largest absolute Gasteiger partial charge is 0.289 e. The van der Waals surface area contributed by atoms with Crippen molar-refractivity contribution in [2.75, 3.05) is 0 Å². The van der Waals surface area contributed by atoms with Crippen molar-refractivity contribution >= 4 is 5.71 Å². The number of rotatable bonds is 2. The summed E-state index contributed by atoms with van der Waals surface area (Å²) in [4.78, 5) is 12.1. The van der Waals surface area contributed by atoms with Crippen LogP contribution in [0.2, 0.25) is 0 Å². The summed E-state index contributed by atoms with van der Waals surface area (Å²) in [7, 11) is 0. The molecule has 0 spiro atoms. The third kappa shape index (κ3) is 2.14. The average molecular weight is 229 g/mol. The van der Waals surface area contributed by atoms with E-state index in [-0.39, 0.29) is 11.1 Å². The number of hydrogen-bond acceptors (Lipinski definition) is 3. The zero-order chi connectivity index (χ0) is 12.6. The molecule has 0 N–H and O–H groups in total. The van der Waals surface area contributed by atoms with Gasteiger partial charge in [-0.05, 0) is 51.2 Å². The Bertz CT molecular complexity index is 586. The molecule has 0 atom stereocenters. The summed E-state index contributed by atoms with van der Waals surface area (Å²) in [6.45, 7) is 5.55. The second kappa shape index (κ2) is 4.17. The van der Waals surface area contributed by atoms with Crippen molar-refractivity contribution in [2.24, 2.45) is 11.0 Å². The second-order valence-electron chi connectivity index (χ2n) is 4.59. The van der Waals surface area contributed by atoms with Gasteiger partial charge in [0.25, 0.3) is 5.56 Å². The monoisotopic (exact) mass is 229 g/mol. The quantitative estimate of drug-likeness (QED) is 0.728. The molecule has 1 saturated carbocycles. The van der Waals surface area contributed by atoms with Crippen molar-refractivity contribution in [3.05, 3.63) is 33.2 Å². The minimum Gasteiger partial charge on any atom is -0.266 e. The Labute approximate surface area is 100 Å². The summed E-state index contributed by atoms with van der Waals surface area (Å²) < 4.78 is 1.35. The molecule has 0 aromatic carbocycles. The van der Waals surface area contributed by atoms with Crippen LogP contribution in [0.4, 0.5) is 0 Å². The maximum Gasteiger partial charge on any atom is 0.289 e. The summed E-state index contributed by atoms with van der Waals surface area (Å²) in [5, 5.41) is 13.3. The van der Waals surface area contributed by atoms with Crippen molar-refractivity contribution in [2.45, 2.75) is 33.6 Å². The number of aryl methyl sites for hydroxylation is 2. The van der Waals surface area contributed by atoms with Gasteiger partial charge in [-0.3, -0.25) is 4.79 Å². The van der Waals surface area contributed by atoms with Crippen LogP contribution in [-0.2, 0) is 0 Å². The number of pyridine rings is 1. The van der Waals surface area contributed by atoms with Crippen molar-refractivity contribution in [3.8, 4) is 6.07 Å². The van der Waals surface area contributed by atoms with Gasteiger partial charge in [-0.1, -0.05) is 0 Å². The van der Waals surface area contributed by atoms with Crippen molar-refractivity contribution in [1.82, 2.24) is 4.68 Å². The summed E-state index contributed by atoms with van der Waals surface area (Å²) in [6.07, 6.45) is 2.31. The smallest absolute Gasteiger partial charge is 0.266 e. The first kappa shape index (κ1) is 11.6. The Hall–Kier alpha value is -1.89. The van der Waals surface area contributed by atoms with Crippen LogP contribution in [0.25, 0.3) is 0 Å². The number of aromatic nitrogens is 1. The lowest BCUT2D eigenvalue weighted by Gasteiger charge is -2.07. The molecule has 4 heteroatoms. The van der Waals surface area contributed by atoms with Crippen molar-refractivity contribution < 1.29 is 0 Å². The summed E-state index contributed by atoms with van der Waals surface area (Å²) >= 11 is 0. The normalized spacial score (nSPS) is 15.8. The van der Waals surface area contributed by atoms with E-state index in [9.17, 15) is 4.79 Å². The van der Waals surface area contributed by atoms with Crippen LogP contribution in [0.3, 0.4) is 0 Å². The Kier molecular flexibility index (Phi) is 2.84. The van der Waals surface area contributed by atoms with E-state index < -0.39 is 0 Å². The van der Waals surface area contributed by atoms with E-state index in [0.29, 0.717) is 11.5 Å². The predicted octanol–water partition coefficient (Wildman–Crippen LogP) is 1.97. The molecule has 0 aliphatic heterocycles. The van der Waals surface area contributed by atoms with Gasteiger partial charge in [0.05, 0.1) is 0 Å². The molecule has 1 aromatic rings. The molecule has 0 amide bonds. The SMILES string of the molecule is CC(=Nn1c(C)cc(C)c(C#N)c1=O)C1CC1. The lowest BCUT2D eigenvalue weighted by atomic mass is 10.1. The fourth-order valence-electron chi connectivity index (χ4n) is 1.88. The molecular weight excluding hydrogens is 214 g/mol. The highest BCUT2D eigenvalue weighted by Gasteiger charge is 2.25. The van der Waals surface area contributed by atoms with Gasteiger partial charge in [0, 0.05) is 11.4 Å². The van der Waals surface area contributed by atoms with E-state index in [1.54, 1.807) is 6.92 Å². The molecule has 1 heterocycles. The van der Waals surface area contributed by atoms with E-state index in [2.05, 4.69) is 5.10 Å². The van der Waals surface area contributed by atoms with Gasteiger partial charge < -0.3 is 0 Å². The zero-order valence-corrected chi connectivity index (χ0v) is 10.3. The van der Waals surface area contributed by atoms with Crippen LogP contribution < -0.4 is 5.56 Å². The van der Waals surface area contributed by atoms with Crippen LogP contribution in [0, 0.1) is 31.1 Å². The fourth-order valence-corrected chi connectivity index (χ4v) is 1.88. The molecule has 1 aliphatic carbocycles. The molecule has 0 radical (unpaired) electrons. The van der Waals surface area contributed by atoms with Gasteiger partial charge in [-0.25, -0.2) is 4.68 Å². The molecule has 4 nitrogen and oxygen atoms in total. The summed E-state index contributed by atoms with van der Waals surface area (Å²) in [5.74, 6) is 0.521. The third-order valence-corrected chi connectivity index (χ3v) is 3.10. The van der Waals surface area contributed by atoms with Gasteiger partial charge in [0.1, 0.15) is 11.6 Å². The summed E-state index contributed by atoms with van der Waals surface area (Å²) in [6, 6.07) is 3.77. The highest BCUT2D eigenvalue weighted by Crippen LogP contribution is 2.30. The molecule has 1 aromatic heterocycles. The third-order valence-electron chi connectivity index (χ3n) is 3.10. The standard InChI is InChI=1S/C13H15N3O/c1-8-6-9(2)16(13(17)12(8)7-14)15-10(3)11-4-5-11/h6,11H,4-5H2,1-3H3. The first-order chi connectivity index (χ1) is 8.04. The first-order valence-electron chi connectivity index (χ1n) is 5.73. The van der Waals surface area contributed by atoms with Crippen molar-refractivity contribution in [3.63, 3.8) is 0 Å². The Morgan fingerprint density at radius 1 is 1.53 bits per heavy atom. The van der Waals surface area contributed by atoms with E-state index in [1.807, 2.05) is 26.0 Å². The average Bonchev–Trinajstić information content (AvgIpc) is 3.07. The van der Waals surface area contributed by atoms with Crippen LogP contribution >= 0.6 is 0 Å². The Morgan fingerprint density at radius 3 is 2.71 bits per heavy atom. The molecule has 0 saturated heterocycles. The molecule has 1 fully saturated rings. The molecule has 0 bridgehead atoms. The lowest BCUT2D eigenvalue weighted by Crippen LogP contribution is -2.23. The highest BCUT2D eigenvalue weighted by atomic mass is 16.1. The maximum absolute atomic E-state index is 12.1. The number of nitriles is 1. The highest BCUT2D eigenvalue weighted by molar-refractivity contribution is 5.86. The zero-order valence-electron chi connectivity index (χ0n) is 10.3. The van der Waals surface area contributed by atoms with Gasteiger partial charge in [0.15, 0.2) is 0 Å². The van der Waals surface area contributed by atoms with Gasteiger partial charge >= 0.3 is 0 Å². The van der Waals surface area contributed by atoms with E-state index in [1.165, 1.54) is 4.68 Å². The van der Waals surface area contributed by atoms with Crippen molar-refractivity contribution in [1.29, 1.82) is 5.26 Å². The number of nitrogens with zero attached hydrogens (tertiary/aromatic N) is 3. The fraction of sp³-hybridized carbons (Fsp3) is 0.462. The predicted molar refractivity (Wildman–Crippen MR) is 66.1 cm³/mol. The Balaban J connectivity index is 2.58. The topological polar surface area (TPSA) is 58.1 Å². The van der Waals surface area contributed by atoms with Gasteiger partial charge in [-0.2, -0.15) is 10.4 Å². The minimum atomic E-state index is -0.315. The van der Waals surface area contributed by atoms with Gasteiger partial charge in [-0.15, -0.1) is 0 Å².